The van der Waals surface area contributed by atoms with Crippen molar-refractivity contribution in [2.75, 3.05) is 7.05 Å². The second-order valence-corrected chi connectivity index (χ2v) is 6.12. The maximum absolute atomic E-state index is 12.0. The lowest BCUT2D eigenvalue weighted by Gasteiger charge is -2.14. The van der Waals surface area contributed by atoms with E-state index in [0.29, 0.717) is 12.3 Å². The second-order valence-electron chi connectivity index (χ2n) is 3.83. The van der Waals surface area contributed by atoms with Crippen LogP contribution >= 0.6 is 27.3 Å². The third-order valence-electron chi connectivity index (χ3n) is 2.34. The lowest BCUT2D eigenvalue weighted by Crippen LogP contribution is -2.25. The third-order valence-corrected chi connectivity index (χ3v) is 3.89. The van der Waals surface area contributed by atoms with Crippen molar-refractivity contribution in [3.63, 3.8) is 0 Å². The van der Waals surface area contributed by atoms with Crippen LogP contribution in [0.2, 0.25) is 0 Å². The number of thiophene rings is 1. The van der Waals surface area contributed by atoms with Crippen LogP contribution in [0.5, 0.6) is 0 Å². The topological polar surface area (TPSA) is 33.5 Å². The van der Waals surface area contributed by atoms with Gasteiger partial charge in [-0.15, -0.1) is 11.3 Å². The zero-order valence-electron chi connectivity index (χ0n) is 9.57. The summed E-state index contributed by atoms with van der Waals surface area (Å²) in [7, 11) is 1.77. The Morgan fingerprint density at radius 2 is 2.29 bits per heavy atom. The molecule has 0 spiro atoms. The van der Waals surface area contributed by atoms with E-state index in [2.05, 4.69) is 15.9 Å². The van der Waals surface area contributed by atoms with Crippen LogP contribution in [-0.4, -0.2) is 17.9 Å². The molecular formula is C12H12BrNO2S. The molecular weight excluding hydrogens is 302 g/mol. The highest BCUT2D eigenvalue weighted by Gasteiger charge is 2.15. The van der Waals surface area contributed by atoms with Gasteiger partial charge in [0.2, 0.25) is 0 Å². The van der Waals surface area contributed by atoms with Crippen molar-refractivity contribution in [2.45, 2.75) is 13.5 Å². The van der Waals surface area contributed by atoms with Crippen molar-refractivity contribution in [3.05, 3.63) is 44.4 Å². The number of halogens is 1. The molecule has 0 aliphatic rings. The largest absolute Gasteiger partial charge is 0.456 e. The van der Waals surface area contributed by atoms with E-state index in [4.69, 9.17) is 4.42 Å². The maximum atomic E-state index is 12.0. The number of carbonyl (C=O) groups is 1. The van der Waals surface area contributed by atoms with Gasteiger partial charge in [0.1, 0.15) is 5.76 Å². The third kappa shape index (κ3) is 2.98. The van der Waals surface area contributed by atoms with Crippen molar-refractivity contribution >= 4 is 33.2 Å². The summed E-state index contributed by atoms with van der Waals surface area (Å²) in [4.78, 5) is 13.6. The first kappa shape index (κ1) is 12.4. The minimum Gasteiger partial charge on any atom is -0.456 e. The minimum atomic E-state index is -0.0968. The quantitative estimate of drug-likeness (QED) is 0.866. The van der Waals surface area contributed by atoms with E-state index in [1.165, 1.54) is 0 Å². The summed E-state index contributed by atoms with van der Waals surface area (Å²) in [5.41, 5.74) is 1.11. The molecule has 0 aliphatic heterocycles. The number of aryl methyl sites for hydroxylation is 1. The number of furan rings is 1. The highest BCUT2D eigenvalue weighted by atomic mass is 79.9. The van der Waals surface area contributed by atoms with Crippen molar-refractivity contribution in [1.82, 2.24) is 4.90 Å². The fourth-order valence-electron chi connectivity index (χ4n) is 1.51. The standard InChI is InChI=1S/C12H12BrNO2S/c1-8-3-4-10(16-8)12(15)14(2)6-9-5-11(13)17-7-9/h3-5,7H,6H2,1-2H3. The molecule has 2 aromatic heterocycles. The zero-order valence-corrected chi connectivity index (χ0v) is 12.0. The van der Waals surface area contributed by atoms with Gasteiger partial charge < -0.3 is 9.32 Å². The van der Waals surface area contributed by atoms with E-state index < -0.39 is 0 Å². The molecule has 0 radical (unpaired) electrons. The van der Waals surface area contributed by atoms with Gasteiger partial charge in [-0.05, 0) is 52.0 Å². The number of hydrogen-bond acceptors (Lipinski definition) is 3. The van der Waals surface area contributed by atoms with Gasteiger partial charge in [-0.2, -0.15) is 0 Å². The second kappa shape index (κ2) is 5.06. The number of hydrogen-bond donors (Lipinski definition) is 0. The number of rotatable bonds is 3. The molecule has 0 atom stereocenters. The van der Waals surface area contributed by atoms with E-state index >= 15 is 0 Å². The summed E-state index contributed by atoms with van der Waals surface area (Å²) >= 11 is 5.02. The summed E-state index contributed by atoms with van der Waals surface area (Å²) < 4.78 is 6.38. The van der Waals surface area contributed by atoms with Crippen LogP contribution in [0.15, 0.2) is 31.8 Å². The molecule has 2 aromatic rings. The van der Waals surface area contributed by atoms with E-state index in [0.717, 1.165) is 15.1 Å². The van der Waals surface area contributed by atoms with E-state index in [1.54, 1.807) is 35.4 Å². The average Bonchev–Trinajstić information content (AvgIpc) is 2.87. The summed E-state index contributed by atoms with van der Waals surface area (Å²) in [6.45, 7) is 2.41. The van der Waals surface area contributed by atoms with Gasteiger partial charge in [0, 0.05) is 13.6 Å². The Balaban J connectivity index is 2.05. The molecule has 0 unspecified atom stereocenters. The number of carbonyl (C=O) groups excluding carboxylic acids is 1. The summed E-state index contributed by atoms with van der Waals surface area (Å²) in [6, 6.07) is 5.52. The van der Waals surface area contributed by atoms with Crippen molar-refractivity contribution in [2.24, 2.45) is 0 Å². The van der Waals surface area contributed by atoms with Gasteiger partial charge in [-0.3, -0.25) is 4.79 Å². The van der Waals surface area contributed by atoms with Gasteiger partial charge in [0.15, 0.2) is 5.76 Å². The molecule has 0 aromatic carbocycles. The van der Waals surface area contributed by atoms with Gasteiger partial charge in [0.05, 0.1) is 3.79 Å². The Kier molecular flexibility index (Phi) is 3.69. The smallest absolute Gasteiger partial charge is 0.289 e. The fourth-order valence-corrected chi connectivity index (χ4v) is 2.71. The van der Waals surface area contributed by atoms with Gasteiger partial charge in [-0.25, -0.2) is 0 Å². The molecule has 0 bridgehead atoms. The summed E-state index contributed by atoms with van der Waals surface area (Å²) in [6.07, 6.45) is 0. The monoisotopic (exact) mass is 313 g/mol. The Morgan fingerprint density at radius 1 is 1.53 bits per heavy atom. The summed E-state index contributed by atoms with van der Waals surface area (Å²) in [5.74, 6) is 1.04. The molecule has 3 nitrogen and oxygen atoms in total. The van der Waals surface area contributed by atoms with E-state index in [-0.39, 0.29) is 5.91 Å². The van der Waals surface area contributed by atoms with Crippen molar-refractivity contribution in [1.29, 1.82) is 0 Å². The molecule has 0 N–H and O–H groups in total. The lowest BCUT2D eigenvalue weighted by atomic mass is 10.3. The molecule has 2 heterocycles. The van der Waals surface area contributed by atoms with Crippen LogP contribution in [0.25, 0.3) is 0 Å². The molecule has 0 fully saturated rings. The Hall–Kier alpha value is -1.07. The van der Waals surface area contributed by atoms with Crippen molar-refractivity contribution < 1.29 is 9.21 Å². The average molecular weight is 314 g/mol. The molecule has 1 amide bonds. The Labute approximate surface area is 112 Å². The minimum absolute atomic E-state index is 0.0968. The van der Waals surface area contributed by atoms with Crippen molar-refractivity contribution in [3.8, 4) is 0 Å². The van der Waals surface area contributed by atoms with Gasteiger partial charge in [0.25, 0.3) is 5.91 Å². The maximum Gasteiger partial charge on any atom is 0.289 e. The Bertz CT molecular complexity index is 532. The lowest BCUT2D eigenvalue weighted by molar-refractivity contribution is 0.0752. The Morgan fingerprint density at radius 3 is 2.82 bits per heavy atom. The molecule has 2 rings (SSSR count). The molecule has 0 saturated heterocycles. The van der Waals surface area contributed by atoms with Crippen LogP contribution in [0.4, 0.5) is 0 Å². The van der Waals surface area contributed by atoms with Crippen LogP contribution in [-0.2, 0) is 6.54 Å². The van der Waals surface area contributed by atoms with E-state index in [1.807, 2.05) is 18.4 Å². The number of amides is 1. The molecule has 90 valence electrons. The summed E-state index contributed by atoms with van der Waals surface area (Å²) in [5, 5.41) is 2.03. The van der Waals surface area contributed by atoms with Crippen LogP contribution in [0, 0.1) is 6.92 Å². The molecule has 17 heavy (non-hydrogen) atoms. The molecule has 5 heteroatoms. The molecule has 0 aliphatic carbocycles. The fraction of sp³-hybridized carbons (Fsp3) is 0.250. The van der Waals surface area contributed by atoms with Crippen LogP contribution in [0.1, 0.15) is 21.9 Å². The van der Waals surface area contributed by atoms with E-state index in [9.17, 15) is 4.79 Å². The normalized spacial score (nSPS) is 10.5. The first-order valence-corrected chi connectivity index (χ1v) is 6.78. The van der Waals surface area contributed by atoms with Gasteiger partial charge in [-0.1, -0.05) is 0 Å². The predicted molar refractivity (Wildman–Crippen MR) is 71.3 cm³/mol. The van der Waals surface area contributed by atoms with Crippen LogP contribution in [0.3, 0.4) is 0 Å². The van der Waals surface area contributed by atoms with Crippen LogP contribution < -0.4 is 0 Å². The first-order valence-electron chi connectivity index (χ1n) is 5.11. The number of nitrogens with zero attached hydrogens (tertiary/aromatic N) is 1. The zero-order chi connectivity index (χ0) is 12.4. The SMILES string of the molecule is Cc1ccc(C(=O)N(C)Cc2csc(Br)c2)o1. The first-order chi connectivity index (χ1) is 8.06. The van der Waals surface area contributed by atoms with Gasteiger partial charge >= 0.3 is 0 Å². The molecule has 0 saturated carbocycles. The highest BCUT2D eigenvalue weighted by molar-refractivity contribution is 9.11. The predicted octanol–water partition coefficient (Wildman–Crippen LogP) is 3.68. The highest BCUT2D eigenvalue weighted by Crippen LogP contribution is 2.22.